The molecule has 0 amide bonds. The van der Waals surface area contributed by atoms with Gasteiger partial charge in [0.2, 0.25) is 6.79 Å². The quantitative estimate of drug-likeness (QED) is 0.827. The van der Waals surface area contributed by atoms with Gasteiger partial charge in [-0.15, -0.1) is 5.10 Å². The molecule has 116 valence electrons. The smallest absolute Gasteiger partial charge is 0.231 e. The summed E-state index contributed by atoms with van der Waals surface area (Å²) in [5, 5.41) is 18.0. The highest BCUT2D eigenvalue weighted by molar-refractivity contribution is 6.15. The van der Waals surface area contributed by atoms with E-state index in [1.165, 1.54) is 0 Å². The molecule has 6 nitrogen and oxygen atoms in total. The molecule has 0 fully saturated rings. The molecule has 0 saturated heterocycles. The van der Waals surface area contributed by atoms with Crippen LogP contribution >= 0.6 is 0 Å². The van der Waals surface area contributed by atoms with Crippen LogP contribution in [0, 0.1) is 0 Å². The first-order chi connectivity index (χ1) is 11.2. The number of aliphatic hydroxyl groups excluding tert-OH is 1. The van der Waals surface area contributed by atoms with Crippen LogP contribution < -0.4 is 15.2 Å². The van der Waals surface area contributed by atoms with Gasteiger partial charge in [0, 0.05) is 23.2 Å². The van der Waals surface area contributed by atoms with Crippen molar-refractivity contribution in [3.63, 3.8) is 0 Å². The van der Waals surface area contributed by atoms with E-state index in [9.17, 15) is 5.11 Å². The summed E-state index contributed by atoms with van der Waals surface area (Å²) in [6.07, 6.45) is 0.518. The average molecular weight is 309 g/mol. The second-order valence-electron chi connectivity index (χ2n) is 5.43. The number of ether oxygens (including phenoxy) is 2. The Morgan fingerprint density at radius 3 is 2.52 bits per heavy atom. The predicted octanol–water partition coefficient (Wildman–Crippen LogP) is 1.74. The van der Waals surface area contributed by atoms with Crippen molar-refractivity contribution < 1.29 is 14.6 Å². The second-order valence-corrected chi connectivity index (χ2v) is 5.43. The largest absolute Gasteiger partial charge is 0.454 e. The van der Waals surface area contributed by atoms with E-state index in [2.05, 4.69) is 10.2 Å². The Hall–Kier alpha value is -2.86. The zero-order chi connectivity index (χ0) is 15.8. The number of aliphatic hydroxyl groups is 1. The lowest BCUT2D eigenvalue weighted by Gasteiger charge is -2.11. The minimum Gasteiger partial charge on any atom is -0.454 e. The molecule has 0 radical (unpaired) electrons. The maximum Gasteiger partial charge on any atom is 0.231 e. The highest BCUT2D eigenvalue weighted by Gasteiger charge is 2.23. The van der Waals surface area contributed by atoms with E-state index in [0.717, 1.165) is 22.4 Å². The summed E-state index contributed by atoms with van der Waals surface area (Å²) in [7, 11) is 0. The van der Waals surface area contributed by atoms with Crippen LogP contribution in [0.5, 0.6) is 11.5 Å². The summed E-state index contributed by atoms with van der Waals surface area (Å²) in [4.78, 5) is 0. The summed E-state index contributed by atoms with van der Waals surface area (Å²) in [5.41, 5.74) is 10.6. The van der Waals surface area contributed by atoms with Gasteiger partial charge >= 0.3 is 0 Å². The van der Waals surface area contributed by atoms with Crippen LogP contribution in [0.25, 0.3) is 0 Å². The van der Waals surface area contributed by atoms with E-state index in [4.69, 9.17) is 15.2 Å². The summed E-state index contributed by atoms with van der Waals surface area (Å²) in [6.45, 7) is 0.0833. The van der Waals surface area contributed by atoms with Gasteiger partial charge in [-0.05, 0) is 29.8 Å². The fourth-order valence-corrected chi connectivity index (χ4v) is 2.72. The number of nitrogen functional groups attached to an aromatic ring is 1. The summed E-state index contributed by atoms with van der Waals surface area (Å²) >= 11 is 0. The minimum atomic E-state index is -0.133. The van der Waals surface area contributed by atoms with Gasteiger partial charge in [0.25, 0.3) is 0 Å². The number of nitrogens with zero attached hydrogens (tertiary/aromatic N) is 2. The van der Waals surface area contributed by atoms with Crippen molar-refractivity contribution in [2.24, 2.45) is 10.2 Å². The number of benzene rings is 2. The van der Waals surface area contributed by atoms with Crippen LogP contribution in [0.1, 0.15) is 16.7 Å². The first-order valence-electron chi connectivity index (χ1n) is 7.27. The Morgan fingerprint density at radius 1 is 1.04 bits per heavy atom. The molecule has 0 aliphatic carbocycles. The highest BCUT2D eigenvalue weighted by Crippen LogP contribution is 2.36. The molecule has 23 heavy (non-hydrogen) atoms. The highest BCUT2D eigenvalue weighted by atomic mass is 16.7. The number of hydrogen-bond acceptors (Lipinski definition) is 6. The van der Waals surface area contributed by atoms with Crippen molar-refractivity contribution in [2.75, 3.05) is 19.1 Å². The molecular weight excluding hydrogens is 294 g/mol. The predicted molar refractivity (Wildman–Crippen MR) is 87.3 cm³/mol. The fraction of sp³-hybridized carbons (Fsp3) is 0.176. The van der Waals surface area contributed by atoms with Crippen molar-refractivity contribution >= 4 is 17.1 Å². The Labute approximate surface area is 132 Å². The molecule has 2 heterocycles. The molecule has 0 saturated carbocycles. The van der Waals surface area contributed by atoms with Gasteiger partial charge in [-0.1, -0.05) is 12.1 Å². The molecule has 0 bridgehead atoms. The third-order valence-electron chi connectivity index (χ3n) is 3.91. The monoisotopic (exact) mass is 309 g/mol. The van der Waals surface area contributed by atoms with Gasteiger partial charge < -0.3 is 20.3 Å². The van der Waals surface area contributed by atoms with Crippen LogP contribution in [0.3, 0.4) is 0 Å². The SMILES string of the molecule is Nc1ccc(C2=NN=C(CO)Cc3cc4c(cc32)OCO4)cc1. The second kappa shape index (κ2) is 5.40. The maximum atomic E-state index is 9.46. The molecule has 2 aliphatic rings. The molecule has 0 atom stereocenters. The van der Waals surface area contributed by atoms with Gasteiger partial charge in [-0.2, -0.15) is 5.10 Å². The number of hydrogen-bond donors (Lipinski definition) is 2. The first-order valence-corrected chi connectivity index (χ1v) is 7.27. The molecule has 0 unspecified atom stereocenters. The topological polar surface area (TPSA) is 89.4 Å². The maximum absolute atomic E-state index is 9.46. The van der Waals surface area contributed by atoms with Crippen molar-refractivity contribution in [1.29, 1.82) is 0 Å². The van der Waals surface area contributed by atoms with Crippen molar-refractivity contribution in [2.45, 2.75) is 6.42 Å². The zero-order valence-corrected chi connectivity index (χ0v) is 12.3. The molecule has 2 aliphatic heterocycles. The van der Waals surface area contributed by atoms with Crippen LogP contribution in [-0.4, -0.2) is 29.9 Å². The lowest BCUT2D eigenvalue weighted by molar-refractivity contribution is 0.174. The fourth-order valence-electron chi connectivity index (χ4n) is 2.72. The van der Waals surface area contributed by atoms with E-state index in [1.807, 2.05) is 36.4 Å². The molecule has 6 heteroatoms. The summed E-state index contributed by atoms with van der Waals surface area (Å²) < 4.78 is 10.9. The number of anilines is 1. The van der Waals surface area contributed by atoms with Crippen LogP contribution in [0.15, 0.2) is 46.6 Å². The van der Waals surface area contributed by atoms with Crippen LogP contribution in [0.4, 0.5) is 5.69 Å². The van der Waals surface area contributed by atoms with Gasteiger partial charge in [-0.25, -0.2) is 0 Å². The molecule has 2 aromatic carbocycles. The van der Waals surface area contributed by atoms with Crippen LogP contribution in [0.2, 0.25) is 0 Å². The summed E-state index contributed by atoms with van der Waals surface area (Å²) in [6, 6.07) is 11.3. The Bertz CT molecular complexity index is 826. The first kappa shape index (κ1) is 13.8. The van der Waals surface area contributed by atoms with E-state index in [1.54, 1.807) is 0 Å². The van der Waals surface area contributed by atoms with E-state index in [0.29, 0.717) is 29.3 Å². The molecule has 3 N–H and O–H groups in total. The normalized spacial score (nSPS) is 15.5. The Morgan fingerprint density at radius 2 is 1.78 bits per heavy atom. The molecule has 4 rings (SSSR count). The molecular formula is C17H15N3O3. The minimum absolute atomic E-state index is 0.133. The van der Waals surface area contributed by atoms with Crippen molar-refractivity contribution in [3.05, 3.63) is 53.1 Å². The zero-order valence-electron chi connectivity index (χ0n) is 12.3. The van der Waals surface area contributed by atoms with Crippen molar-refractivity contribution in [3.8, 4) is 11.5 Å². The molecule has 0 aromatic heterocycles. The van der Waals surface area contributed by atoms with Gasteiger partial charge in [0.05, 0.1) is 12.3 Å². The van der Waals surface area contributed by atoms with Crippen molar-refractivity contribution in [1.82, 2.24) is 0 Å². The average Bonchev–Trinajstić information content (AvgIpc) is 2.94. The number of rotatable bonds is 2. The lowest BCUT2D eigenvalue weighted by atomic mass is 9.94. The van der Waals surface area contributed by atoms with E-state index in [-0.39, 0.29) is 13.4 Å². The molecule has 0 spiro atoms. The Balaban J connectivity index is 1.89. The van der Waals surface area contributed by atoms with Crippen LogP contribution in [-0.2, 0) is 6.42 Å². The van der Waals surface area contributed by atoms with E-state index >= 15 is 0 Å². The van der Waals surface area contributed by atoms with E-state index < -0.39 is 0 Å². The third-order valence-corrected chi connectivity index (χ3v) is 3.91. The standard InChI is InChI=1S/C17H15N3O3/c18-12-3-1-10(2-4-12)17-14-7-16-15(22-9-23-16)6-11(14)5-13(8-21)19-20-17/h1-4,6-7,21H,5,8-9,18H2. The van der Waals surface area contributed by atoms with Gasteiger partial charge in [-0.3, -0.25) is 0 Å². The Kier molecular flexibility index (Phi) is 3.24. The number of nitrogens with two attached hydrogens (primary N) is 1. The molecule has 2 aromatic rings. The lowest BCUT2D eigenvalue weighted by Crippen LogP contribution is -2.10. The summed E-state index contributed by atoms with van der Waals surface area (Å²) in [5.74, 6) is 1.40. The van der Waals surface area contributed by atoms with Gasteiger partial charge in [0.1, 0.15) is 5.71 Å². The third kappa shape index (κ3) is 2.43. The number of fused-ring (bicyclic) bond motifs is 2. The van der Waals surface area contributed by atoms with Gasteiger partial charge in [0.15, 0.2) is 11.5 Å².